The van der Waals surface area contributed by atoms with Crippen molar-refractivity contribution in [1.82, 2.24) is 9.97 Å². The van der Waals surface area contributed by atoms with Gasteiger partial charge in [0.2, 0.25) is 5.88 Å². The molecule has 31 heavy (non-hydrogen) atoms. The zero-order chi connectivity index (χ0) is 22.4. The number of aromatic hydroxyl groups is 2. The largest absolute Gasteiger partial charge is 0.506 e. The van der Waals surface area contributed by atoms with Gasteiger partial charge in [-0.1, -0.05) is 24.3 Å². The summed E-state index contributed by atoms with van der Waals surface area (Å²) >= 11 is 0. The third-order valence-electron chi connectivity index (χ3n) is 4.59. The van der Waals surface area contributed by atoms with Crippen molar-refractivity contribution in [2.75, 3.05) is 6.61 Å². The minimum atomic E-state index is -5.77. The standard InChI is InChI=1S/C21H13F5N2O3/c22-20(23,21(24,25)26)10-31-17-8-7-15(29)19(28-17)14-6-5-13-12-4-2-1-3-11(12)9-16(30)18(13)27-14/h1-9,29-30H,10H2. The van der Waals surface area contributed by atoms with Crippen molar-refractivity contribution in [2.24, 2.45) is 0 Å². The number of halogens is 5. The molecule has 0 bridgehead atoms. The average molecular weight is 436 g/mol. The van der Waals surface area contributed by atoms with Gasteiger partial charge in [0.15, 0.2) is 6.61 Å². The number of aromatic nitrogens is 2. The fraction of sp³-hybridized carbons (Fsp3) is 0.143. The Labute approximate surface area is 171 Å². The van der Waals surface area contributed by atoms with Crippen LogP contribution in [-0.2, 0) is 0 Å². The summed E-state index contributed by atoms with van der Waals surface area (Å²) in [6, 6.07) is 13.9. The van der Waals surface area contributed by atoms with E-state index in [-0.39, 0.29) is 22.7 Å². The fourth-order valence-electron chi connectivity index (χ4n) is 3.04. The van der Waals surface area contributed by atoms with Crippen LogP contribution in [0.3, 0.4) is 0 Å². The normalized spacial score (nSPS) is 12.4. The van der Waals surface area contributed by atoms with Crippen molar-refractivity contribution in [3.8, 4) is 28.8 Å². The minimum Gasteiger partial charge on any atom is -0.506 e. The molecule has 0 atom stereocenters. The monoisotopic (exact) mass is 436 g/mol. The number of hydrogen-bond acceptors (Lipinski definition) is 5. The first kappa shape index (κ1) is 20.6. The smallest absolute Gasteiger partial charge is 0.456 e. The van der Waals surface area contributed by atoms with Crippen LogP contribution in [0.15, 0.2) is 54.6 Å². The van der Waals surface area contributed by atoms with Crippen molar-refractivity contribution in [2.45, 2.75) is 12.1 Å². The van der Waals surface area contributed by atoms with Crippen molar-refractivity contribution in [1.29, 1.82) is 0 Å². The Bertz CT molecular complexity index is 1290. The van der Waals surface area contributed by atoms with Crippen LogP contribution in [0.25, 0.3) is 33.1 Å². The van der Waals surface area contributed by atoms with E-state index in [1.165, 1.54) is 12.1 Å². The molecular formula is C21H13F5N2O3. The van der Waals surface area contributed by atoms with E-state index in [9.17, 15) is 32.2 Å². The Balaban J connectivity index is 1.73. The number of nitrogens with zero attached hydrogens (tertiary/aromatic N) is 2. The fourth-order valence-corrected chi connectivity index (χ4v) is 3.04. The maximum absolute atomic E-state index is 13.1. The molecule has 4 rings (SSSR count). The van der Waals surface area contributed by atoms with E-state index in [4.69, 9.17) is 0 Å². The van der Waals surface area contributed by atoms with Gasteiger partial charge in [-0.2, -0.15) is 22.0 Å². The molecule has 0 spiro atoms. The number of alkyl halides is 5. The van der Waals surface area contributed by atoms with Crippen LogP contribution in [0.5, 0.6) is 17.4 Å². The lowest BCUT2D eigenvalue weighted by atomic mass is 10.0. The zero-order valence-corrected chi connectivity index (χ0v) is 15.5. The van der Waals surface area contributed by atoms with Crippen LogP contribution in [0, 0.1) is 0 Å². The molecule has 0 unspecified atom stereocenters. The highest BCUT2D eigenvalue weighted by Crippen LogP contribution is 2.37. The molecule has 0 saturated carbocycles. The predicted octanol–water partition coefficient (Wildman–Crippen LogP) is 5.44. The van der Waals surface area contributed by atoms with Gasteiger partial charge < -0.3 is 14.9 Å². The summed E-state index contributed by atoms with van der Waals surface area (Å²) in [5.74, 6) is -6.16. The first-order valence-corrected chi connectivity index (χ1v) is 8.86. The molecule has 0 fully saturated rings. The van der Waals surface area contributed by atoms with Crippen LogP contribution < -0.4 is 4.74 Å². The highest BCUT2D eigenvalue weighted by molar-refractivity contribution is 6.09. The summed E-state index contributed by atoms with van der Waals surface area (Å²) in [5.41, 5.74) is 0.0539. The Kier molecular flexibility index (Phi) is 4.79. The van der Waals surface area contributed by atoms with Crippen molar-refractivity contribution >= 4 is 21.7 Å². The quantitative estimate of drug-likeness (QED) is 0.329. The van der Waals surface area contributed by atoms with Crippen LogP contribution in [0.2, 0.25) is 0 Å². The molecule has 0 aliphatic heterocycles. The first-order valence-electron chi connectivity index (χ1n) is 8.86. The van der Waals surface area contributed by atoms with Crippen LogP contribution >= 0.6 is 0 Å². The van der Waals surface area contributed by atoms with Crippen LogP contribution in [0.4, 0.5) is 22.0 Å². The molecule has 0 aliphatic carbocycles. The highest BCUT2D eigenvalue weighted by atomic mass is 19.4. The predicted molar refractivity (Wildman–Crippen MR) is 102 cm³/mol. The molecule has 2 N–H and O–H groups in total. The second-order valence-corrected chi connectivity index (χ2v) is 6.72. The van der Waals surface area contributed by atoms with Crippen LogP contribution in [-0.4, -0.2) is 38.9 Å². The maximum atomic E-state index is 13.1. The van der Waals surface area contributed by atoms with E-state index >= 15 is 0 Å². The van der Waals surface area contributed by atoms with Gasteiger partial charge >= 0.3 is 12.1 Å². The summed E-state index contributed by atoms with van der Waals surface area (Å²) in [4.78, 5) is 8.10. The molecule has 0 radical (unpaired) electrons. The van der Waals surface area contributed by atoms with Gasteiger partial charge in [-0.3, -0.25) is 0 Å². The van der Waals surface area contributed by atoms with Gasteiger partial charge in [0.1, 0.15) is 22.7 Å². The zero-order valence-electron chi connectivity index (χ0n) is 15.5. The summed E-state index contributed by atoms with van der Waals surface area (Å²) in [7, 11) is 0. The molecule has 5 nitrogen and oxygen atoms in total. The molecule has 0 amide bonds. The number of hydrogen-bond donors (Lipinski definition) is 2. The van der Waals surface area contributed by atoms with Gasteiger partial charge in [0.25, 0.3) is 0 Å². The average Bonchev–Trinajstić information content (AvgIpc) is 2.72. The molecule has 2 aromatic heterocycles. The molecule has 0 saturated heterocycles. The third kappa shape index (κ3) is 3.76. The molecule has 4 aromatic rings. The van der Waals surface area contributed by atoms with Crippen molar-refractivity contribution < 1.29 is 36.9 Å². The van der Waals surface area contributed by atoms with Crippen molar-refractivity contribution in [3.05, 3.63) is 54.6 Å². The summed E-state index contributed by atoms with van der Waals surface area (Å²) < 4.78 is 67.7. The number of pyridine rings is 2. The molecule has 10 heteroatoms. The van der Waals surface area contributed by atoms with E-state index < -0.39 is 30.3 Å². The Hall–Kier alpha value is -3.69. The third-order valence-corrected chi connectivity index (χ3v) is 4.59. The van der Waals surface area contributed by atoms with Gasteiger partial charge in [-0.25, -0.2) is 9.97 Å². The Morgan fingerprint density at radius 3 is 2.29 bits per heavy atom. The van der Waals surface area contributed by atoms with E-state index in [0.29, 0.717) is 5.39 Å². The lowest BCUT2D eigenvalue weighted by Crippen LogP contribution is -2.41. The molecule has 2 aromatic carbocycles. The van der Waals surface area contributed by atoms with Crippen LogP contribution in [0.1, 0.15) is 0 Å². The second-order valence-electron chi connectivity index (χ2n) is 6.72. The first-order chi connectivity index (χ1) is 14.6. The maximum Gasteiger partial charge on any atom is 0.456 e. The number of fused-ring (bicyclic) bond motifs is 3. The number of rotatable bonds is 4. The van der Waals surface area contributed by atoms with Gasteiger partial charge in [-0.15, -0.1) is 0 Å². The lowest BCUT2D eigenvalue weighted by molar-refractivity contribution is -0.290. The molecular weight excluding hydrogens is 423 g/mol. The highest BCUT2D eigenvalue weighted by Gasteiger charge is 2.58. The Morgan fingerprint density at radius 2 is 1.55 bits per heavy atom. The van der Waals surface area contributed by atoms with E-state index in [1.54, 1.807) is 6.07 Å². The lowest BCUT2D eigenvalue weighted by Gasteiger charge is -2.19. The number of phenols is 1. The summed E-state index contributed by atoms with van der Waals surface area (Å²) in [6.45, 7) is -1.97. The van der Waals surface area contributed by atoms with E-state index in [0.717, 1.165) is 22.9 Å². The second kappa shape index (κ2) is 7.22. The topological polar surface area (TPSA) is 75.5 Å². The Morgan fingerprint density at radius 1 is 0.806 bits per heavy atom. The molecule has 0 aliphatic rings. The van der Waals surface area contributed by atoms with E-state index in [1.807, 2.05) is 24.3 Å². The number of phenolic OH excluding ortho intramolecular Hbond substituents is 1. The van der Waals surface area contributed by atoms with Gasteiger partial charge in [0.05, 0.1) is 5.69 Å². The number of ether oxygens (including phenoxy) is 1. The van der Waals surface area contributed by atoms with Gasteiger partial charge in [-0.05, 0) is 35.0 Å². The molecule has 2 heterocycles. The minimum absolute atomic E-state index is 0.0589. The number of benzene rings is 2. The van der Waals surface area contributed by atoms with Crippen molar-refractivity contribution in [3.63, 3.8) is 0 Å². The van der Waals surface area contributed by atoms with E-state index in [2.05, 4.69) is 14.7 Å². The van der Waals surface area contributed by atoms with Gasteiger partial charge in [0, 0.05) is 11.5 Å². The summed E-state index contributed by atoms with van der Waals surface area (Å²) in [6.07, 6.45) is -5.77. The summed E-state index contributed by atoms with van der Waals surface area (Å²) in [5, 5.41) is 22.7. The SMILES string of the molecule is Oc1ccc(OCC(F)(F)C(F)(F)F)nc1-c1ccc2c(n1)c(O)cc1ccccc12. The molecule has 160 valence electrons.